The van der Waals surface area contributed by atoms with E-state index in [1.54, 1.807) is 0 Å². The van der Waals surface area contributed by atoms with Crippen molar-refractivity contribution < 1.29 is 14.4 Å². The maximum absolute atomic E-state index is 11.8. The number of hydrogen-bond acceptors (Lipinski definition) is 4. The van der Waals surface area contributed by atoms with Crippen LogP contribution in [0.5, 0.6) is 0 Å². The molecule has 3 aliphatic rings. The van der Waals surface area contributed by atoms with Crippen molar-refractivity contribution in [3.8, 4) is 0 Å². The second kappa shape index (κ2) is 4.99. The van der Waals surface area contributed by atoms with E-state index < -0.39 is 18.4 Å². The van der Waals surface area contributed by atoms with Crippen LogP contribution in [0.4, 0.5) is 9.59 Å². The summed E-state index contributed by atoms with van der Waals surface area (Å²) in [5, 5.41) is 11.7. The average molecular weight is 280 g/mol. The summed E-state index contributed by atoms with van der Waals surface area (Å²) in [7, 11) is 0. The smallest absolute Gasteiger partial charge is 0.314 e. The normalized spacial score (nSPS) is 27.8. The predicted molar refractivity (Wildman–Crippen MR) is 68.5 cm³/mol. The van der Waals surface area contributed by atoms with Gasteiger partial charge in [0, 0.05) is 5.71 Å². The van der Waals surface area contributed by atoms with Crippen LogP contribution < -0.4 is 21.4 Å². The molecule has 5 amide bonds. The van der Waals surface area contributed by atoms with E-state index >= 15 is 0 Å². The lowest BCUT2D eigenvalue weighted by Crippen LogP contribution is -2.47. The van der Waals surface area contributed by atoms with Gasteiger partial charge in [-0.3, -0.25) is 9.69 Å². The van der Waals surface area contributed by atoms with E-state index in [0.717, 1.165) is 31.4 Å². The molecule has 0 bridgehead atoms. The summed E-state index contributed by atoms with van der Waals surface area (Å²) < 4.78 is 0. The number of rotatable bonds is 3. The van der Waals surface area contributed by atoms with Crippen molar-refractivity contribution in [2.75, 3.05) is 6.54 Å². The quantitative estimate of drug-likeness (QED) is 0.498. The first-order chi connectivity index (χ1) is 9.63. The van der Waals surface area contributed by atoms with Gasteiger partial charge in [-0.2, -0.15) is 5.10 Å². The minimum absolute atomic E-state index is 0.147. The van der Waals surface area contributed by atoms with Crippen LogP contribution in [0.2, 0.25) is 0 Å². The van der Waals surface area contributed by atoms with E-state index in [9.17, 15) is 14.4 Å². The molecule has 108 valence electrons. The SMILES string of the molecule is O=C(CN1C(=O)N[C@@H]2NC(=O)N[C@H]21)NN=C1CCCC1. The number of carbonyl (C=O) groups is 3. The minimum atomic E-state index is -0.542. The maximum atomic E-state index is 11.8. The van der Waals surface area contributed by atoms with Crippen molar-refractivity contribution >= 4 is 23.7 Å². The molecule has 0 unspecified atom stereocenters. The largest absolute Gasteiger partial charge is 0.321 e. The van der Waals surface area contributed by atoms with E-state index in [0.29, 0.717) is 0 Å². The lowest BCUT2D eigenvalue weighted by molar-refractivity contribution is -0.121. The zero-order chi connectivity index (χ0) is 14.1. The summed E-state index contributed by atoms with van der Waals surface area (Å²) >= 11 is 0. The Bertz CT molecular complexity index is 483. The average Bonchev–Trinajstić information content (AvgIpc) is 3.07. The highest BCUT2D eigenvalue weighted by Crippen LogP contribution is 2.14. The Balaban J connectivity index is 1.56. The second-order valence-corrected chi connectivity index (χ2v) is 5.04. The van der Waals surface area contributed by atoms with Crippen molar-refractivity contribution in [2.45, 2.75) is 38.0 Å². The maximum Gasteiger partial charge on any atom is 0.321 e. The molecule has 3 rings (SSSR count). The van der Waals surface area contributed by atoms with Crippen molar-refractivity contribution in [1.82, 2.24) is 26.3 Å². The number of fused-ring (bicyclic) bond motifs is 1. The van der Waals surface area contributed by atoms with Crippen LogP contribution >= 0.6 is 0 Å². The van der Waals surface area contributed by atoms with E-state index in [1.165, 1.54) is 4.90 Å². The zero-order valence-electron chi connectivity index (χ0n) is 10.8. The molecule has 9 heteroatoms. The standard InChI is InChI=1S/C11H16N6O3/c18-7(16-15-6-3-1-2-4-6)5-17-9-8(13-11(17)20)12-10(19)14-9/h8-9H,1-5H2,(H,13,20)(H,16,18)(H2,12,14,19)/t8-,9-/m0/s1. The van der Waals surface area contributed by atoms with Crippen LogP contribution in [0, 0.1) is 0 Å². The fourth-order valence-corrected chi connectivity index (χ4v) is 2.59. The molecule has 2 saturated heterocycles. The highest BCUT2D eigenvalue weighted by molar-refractivity contribution is 5.90. The third kappa shape index (κ3) is 2.38. The number of carbonyl (C=O) groups excluding carboxylic acids is 3. The van der Waals surface area contributed by atoms with Crippen molar-refractivity contribution in [2.24, 2.45) is 5.10 Å². The van der Waals surface area contributed by atoms with Crippen LogP contribution in [-0.2, 0) is 4.79 Å². The molecule has 3 fully saturated rings. The van der Waals surface area contributed by atoms with Gasteiger partial charge in [-0.25, -0.2) is 15.0 Å². The summed E-state index contributed by atoms with van der Waals surface area (Å²) in [4.78, 5) is 35.9. The van der Waals surface area contributed by atoms with E-state index in [4.69, 9.17) is 0 Å². The Hall–Kier alpha value is -2.32. The first-order valence-electron chi connectivity index (χ1n) is 6.62. The third-order valence-electron chi connectivity index (χ3n) is 3.59. The molecule has 1 saturated carbocycles. The first-order valence-corrected chi connectivity index (χ1v) is 6.62. The van der Waals surface area contributed by atoms with Crippen LogP contribution in [0.3, 0.4) is 0 Å². The number of hydrogen-bond donors (Lipinski definition) is 4. The van der Waals surface area contributed by atoms with Crippen LogP contribution in [-0.4, -0.2) is 47.5 Å². The molecule has 2 heterocycles. The highest BCUT2D eigenvalue weighted by Gasteiger charge is 2.45. The van der Waals surface area contributed by atoms with Crippen molar-refractivity contribution in [1.29, 1.82) is 0 Å². The van der Waals surface area contributed by atoms with Gasteiger partial charge in [0.1, 0.15) is 18.9 Å². The fourth-order valence-electron chi connectivity index (χ4n) is 2.59. The summed E-state index contributed by atoms with van der Waals surface area (Å²) in [6.45, 7) is -0.147. The Morgan fingerprint density at radius 3 is 2.75 bits per heavy atom. The van der Waals surface area contributed by atoms with E-state index in [2.05, 4.69) is 26.5 Å². The Morgan fingerprint density at radius 1 is 1.25 bits per heavy atom. The van der Waals surface area contributed by atoms with Gasteiger partial charge in [-0.05, 0) is 25.7 Å². The molecule has 20 heavy (non-hydrogen) atoms. The van der Waals surface area contributed by atoms with Gasteiger partial charge in [0.25, 0.3) is 5.91 Å². The Kier molecular flexibility index (Phi) is 3.17. The first kappa shape index (κ1) is 12.7. The summed E-state index contributed by atoms with van der Waals surface area (Å²) in [5.74, 6) is -0.374. The molecule has 0 spiro atoms. The molecule has 2 aliphatic heterocycles. The fraction of sp³-hybridized carbons (Fsp3) is 0.636. The molecular weight excluding hydrogens is 264 g/mol. The molecule has 9 nitrogen and oxygen atoms in total. The molecule has 4 N–H and O–H groups in total. The molecule has 1 aliphatic carbocycles. The molecule has 0 aromatic rings. The van der Waals surface area contributed by atoms with Gasteiger partial charge in [-0.15, -0.1) is 0 Å². The lowest BCUT2D eigenvalue weighted by Gasteiger charge is -2.19. The molecule has 0 aromatic carbocycles. The van der Waals surface area contributed by atoms with Crippen LogP contribution in [0.25, 0.3) is 0 Å². The van der Waals surface area contributed by atoms with Crippen LogP contribution in [0.1, 0.15) is 25.7 Å². The topological polar surface area (TPSA) is 115 Å². The van der Waals surface area contributed by atoms with Gasteiger partial charge >= 0.3 is 12.1 Å². The van der Waals surface area contributed by atoms with Gasteiger partial charge in [0.2, 0.25) is 0 Å². The Labute approximate surface area is 115 Å². The van der Waals surface area contributed by atoms with Gasteiger partial charge in [0.15, 0.2) is 0 Å². The summed E-state index contributed by atoms with van der Waals surface area (Å²) in [5.41, 5.74) is 3.44. The van der Waals surface area contributed by atoms with E-state index in [1.807, 2.05) is 0 Å². The zero-order valence-corrected chi connectivity index (χ0v) is 10.8. The number of nitrogens with one attached hydrogen (secondary N) is 4. The van der Waals surface area contributed by atoms with Crippen LogP contribution in [0.15, 0.2) is 5.10 Å². The number of nitrogens with zero attached hydrogens (tertiary/aromatic N) is 2. The van der Waals surface area contributed by atoms with Crippen molar-refractivity contribution in [3.63, 3.8) is 0 Å². The predicted octanol–water partition coefficient (Wildman–Crippen LogP) is -0.977. The molecule has 0 radical (unpaired) electrons. The second-order valence-electron chi connectivity index (χ2n) is 5.04. The lowest BCUT2D eigenvalue weighted by atomic mass is 10.3. The third-order valence-corrected chi connectivity index (χ3v) is 3.59. The summed E-state index contributed by atoms with van der Waals surface area (Å²) in [6.07, 6.45) is 2.99. The molecule has 2 atom stereocenters. The number of amides is 5. The van der Waals surface area contributed by atoms with Gasteiger partial charge < -0.3 is 16.0 Å². The minimum Gasteiger partial charge on any atom is -0.314 e. The van der Waals surface area contributed by atoms with Gasteiger partial charge in [-0.1, -0.05) is 0 Å². The number of urea groups is 2. The van der Waals surface area contributed by atoms with Crippen molar-refractivity contribution in [3.05, 3.63) is 0 Å². The summed E-state index contributed by atoms with van der Waals surface area (Å²) in [6, 6.07) is -0.757. The van der Waals surface area contributed by atoms with E-state index in [-0.39, 0.29) is 18.5 Å². The highest BCUT2D eigenvalue weighted by atomic mass is 16.2. The van der Waals surface area contributed by atoms with Gasteiger partial charge in [0.05, 0.1) is 0 Å². The Morgan fingerprint density at radius 2 is 2.00 bits per heavy atom. The number of hydrazone groups is 1. The molecular formula is C11H16N6O3. The molecule has 0 aromatic heterocycles. The monoisotopic (exact) mass is 280 g/mol.